The normalized spacial score (nSPS) is 16.1. The first-order valence-corrected chi connectivity index (χ1v) is 5.72. The molecule has 80 valence electrons. The topological polar surface area (TPSA) is 26.0 Å². The van der Waals surface area contributed by atoms with Crippen LogP contribution in [0.2, 0.25) is 0 Å². The lowest BCUT2D eigenvalue weighted by atomic mass is 9.98. The highest BCUT2D eigenvalue weighted by Crippen LogP contribution is 2.26. The summed E-state index contributed by atoms with van der Waals surface area (Å²) in [4.78, 5) is 0. The van der Waals surface area contributed by atoms with Gasteiger partial charge < -0.3 is 5.73 Å². The van der Waals surface area contributed by atoms with Gasteiger partial charge in [-0.3, -0.25) is 0 Å². The maximum absolute atomic E-state index is 5.78. The molecule has 0 spiro atoms. The molecule has 0 amide bonds. The lowest BCUT2D eigenvalue weighted by molar-refractivity contribution is 0.768. The Kier molecular flexibility index (Phi) is 2.92. The molecule has 0 saturated carbocycles. The van der Waals surface area contributed by atoms with Gasteiger partial charge >= 0.3 is 0 Å². The van der Waals surface area contributed by atoms with Gasteiger partial charge in [0.15, 0.2) is 0 Å². The minimum Gasteiger partial charge on any atom is -0.328 e. The molecule has 0 radical (unpaired) electrons. The summed E-state index contributed by atoms with van der Waals surface area (Å²) in [6.45, 7) is 6.14. The smallest absolute Gasteiger partial charge is 0.00509 e. The maximum atomic E-state index is 5.78. The van der Waals surface area contributed by atoms with E-state index in [1.807, 2.05) is 6.92 Å². The van der Waals surface area contributed by atoms with Gasteiger partial charge in [0, 0.05) is 6.04 Å². The Morgan fingerprint density at radius 3 is 2.87 bits per heavy atom. The first kappa shape index (κ1) is 10.4. The van der Waals surface area contributed by atoms with Crippen LogP contribution in [0.25, 0.3) is 5.57 Å². The first-order chi connectivity index (χ1) is 7.16. The molecule has 0 bridgehead atoms. The lowest BCUT2D eigenvalue weighted by Gasteiger charge is -2.10. The van der Waals surface area contributed by atoms with Crippen LogP contribution in [0.15, 0.2) is 24.8 Å². The molecule has 0 aliphatic heterocycles. The minimum absolute atomic E-state index is 0.200. The Balaban J connectivity index is 2.19. The molecule has 1 aliphatic rings. The van der Waals surface area contributed by atoms with Gasteiger partial charge in [0.25, 0.3) is 0 Å². The van der Waals surface area contributed by atoms with E-state index in [9.17, 15) is 0 Å². The van der Waals surface area contributed by atoms with E-state index < -0.39 is 0 Å². The SMILES string of the molecule is C=C(CC(C)N)c1ccc2c(c1)CCC2. The first-order valence-electron chi connectivity index (χ1n) is 5.72. The Morgan fingerprint density at radius 1 is 1.40 bits per heavy atom. The molecule has 0 saturated heterocycles. The third-order valence-corrected chi connectivity index (χ3v) is 3.08. The van der Waals surface area contributed by atoms with Crippen LogP contribution >= 0.6 is 0 Å². The average Bonchev–Trinajstić information content (AvgIpc) is 2.62. The average molecular weight is 201 g/mol. The van der Waals surface area contributed by atoms with Crippen molar-refractivity contribution in [2.45, 2.75) is 38.6 Å². The molecule has 0 fully saturated rings. The summed E-state index contributed by atoms with van der Waals surface area (Å²) in [7, 11) is 0. The van der Waals surface area contributed by atoms with Gasteiger partial charge in [0.1, 0.15) is 0 Å². The molecule has 2 rings (SSSR count). The van der Waals surface area contributed by atoms with Crippen LogP contribution in [-0.4, -0.2) is 6.04 Å². The van der Waals surface area contributed by atoms with E-state index in [0.29, 0.717) is 0 Å². The summed E-state index contributed by atoms with van der Waals surface area (Å²) in [5.74, 6) is 0. The Hall–Kier alpha value is -1.08. The van der Waals surface area contributed by atoms with Crippen molar-refractivity contribution in [2.24, 2.45) is 5.73 Å². The summed E-state index contributed by atoms with van der Waals surface area (Å²) < 4.78 is 0. The van der Waals surface area contributed by atoms with Gasteiger partial charge in [-0.25, -0.2) is 0 Å². The van der Waals surface area contributed by atoms with Crippen LogP contribution in [-0.2, 0) is 12.8 Å². The monoisotopic (exact) mass is 201 g/mol. The second-order valence-corrected chi connectivity index (χ2v) is 4.62. The number of benzene rings is 1. The summed E-state index contributed by atoms with van der Waals surface area (Å²) in [5.41, 5.74) is 11.3. The molecule has 1 aromatic carbocycles. The van der Waals surface area contributed by atoms with Crippen molar-refractivity contribution >= 4 is 5.57 Å². The second kappa shape index (κ2) is 4.19. The van der Waals surface area contributed by atoms with Crippen molar-refractivity contribution in [1.82, 2.24) is 0 Å². The molecule has 15 heavy (non-hydrogen) atoms. The third-order valence-electron chi connectivity index (χ3n) is 3.08. The number of aryl methyl sites for hydroxylation is 2. The molecule has 1 nitrogen and oxygen atoms in total. The van der Waals surface area contributed by atoms with Crippen molar-refractivity contribution in [1.29, 1.82) is 0 Å². The Labute approximate surface area is 92.0 Å². The quantitative estimate of drug-likeness (QED) is 0.799. The second-order valence-electron chi connectivity index (χ2n) is 4.62. The van der Waals surface area contributed by atoms with E-state index in [4.69, 9.17) is 5.73 Å². The fraction of sp³-hybridized carbons (Fsp3) is 0.429. The molecule has 1 unspecified atom stereocenters. The number of fused-ring (bicyclic) bond motifs is 1. The van der Waals surface area contributed by atoms with Crippen molar-refractivity contribution in [3.8, 4) is 0 Å². The fourth-order valence-corrected chi connectivity index (χ4v) is 2.30. The van der Waals surface area contributed by atoms with Crippen LogP contribution in [0.4, 0.5) is 0 Å². The van der Waals surface area contributed by atoms with E-state index in [2.05, 4.69) is 24.8 Å². The van der Waals surface area contributed by atoms with Gasteiger partial charge in [0.2, 0.25) is 0 Å². The van der Waals surface area contributed by atoms with Gasteiger partial charge in [-0.2, -0.15) is 0 Å². The molecule has 0 aromatic heterocycles. The maximum Gasteiger partial charge on any atom is 0.00509 e. The zero-order valence-electron chi connectivity index (χ0n) is 9.42. The largest absolute Gasteiger partial charge is 0.328 e. The summed E-state index contributed by atoms with van der Waals surface area (Å²) in [6.07, 6.45) is 4.67. The molecule has 1 aromatic rings. The van der Waals surface area contributed by atoms with E-state index in [0.717, 1.165) is 6.42 Å². The minimum atomic E-state index is 0.200. The highest BCUT2D eigenvalue weighted by molar-refractivity contribution is 5.65. The van der Waals surface area contributed by atoms with Crippen molar-refractivity contribution in [2.75, 3.05) is 0 Å². The fourth-order valence-electron chi connectivity index (χ4n) is 2.30. The molecular weight excluding hydrogens is 182 g/mol. The van der Waals surface area contributed by atoms with Gasteiger partial charge in [0.05, 0.1) is 0 Å². The summed E-state index contributed by atoms with van der Waals surface area (Å²) in [5, 5.41) is 0. The predicted octanol–water partition coefficient (Wildman–Crippen LogP) is 2.93. The predicted molar refractivity (Wildman–Crippen MR) is 65.8 cm³/mol. The Morgan fingerprint density at radius 2 is 2.13 bits per heavy atom. The summed E-state index contributed by atoms with van der Waals surface area (Å²) >= 11 is 0. The van der Waals surface area contributed by atoms with Gasteiger partial charge in [-0.05, 0) is 54.9 Å². The van der Waals surface area contributed by atoms with E-state index in [-0.39, 0.29) is 6.04 Å². The molecule has 2 N–H and O–H groups in total. The molecular formula is C14H19N. The standard InChI is InChI=1S/C14H19N/c1-10(8-11(2)15)13-7-6-12-4-3-5-14(12)9-13/h6-7,9,11H,1,3-5,8,15H2,2H3. The van der Waals surface area contributed by atoms with Crippen LogP contribution in [0.1, 0.15) is 36.5 Å². The molecule has 1 aliphatic carbocycles. The van der Waals surface area contributed by atoms with E-state index >= 15 is 0 Å². The van der Waals surface area contributed by atoms with E-state index in [1.165, 1.54) is 41.5 Å². The van der Waals surface area contributed by atoms with Crippen LogP contribution in [0.3, 0.4) is 0 Å². The zero-order valence-corrected chi connectivity index (χ0v) is 9.42. The number of hydrogen-bond donors (Lipinski definition) is 1. The molecule has 0 heterocycles. The lowest BCUT2D eigenvalue weighted by Crippen LogP contribution is -2.14. The number of hydrogen-bond acceptors (Lipinski definition) is 1. The molecule has 1 atom stereocenters. The highest BCUT2D eigenvalue weighted by atomic mass is 14.6. The number of nitrogens with two attached hydrogens (primary N) is 1. The van der Waals surface area contributed by atoms with Crippen LogP contribution in [0.5, 0.6) is 0 Å². The van der Waals surface area contributed by atoms with Crippen molar-refractivity contribution in [3.05, 3.63) is 41.5 Å². The zero-order chi connectivity index (χ0) is 10.8. The number of rotatable bonds is 3. The van der Waals surface area contributed by atoms with Crippen molar-refractivity contribution < 1.29 is 0 Å². The third kappa shape index (κ3) is 2.29. The summed E-state index contributed by atoms with van der Waals surface area (Å²) in [6, 6.07) is 6.94. The van der Waals surface area contributed by atoms with E-state index in [1.54, 1.807) is 0 Å². The van der Waals surface area contributed by atoms with Gasteiger partial charge in [-0.1, -0.05) is 24.8 Å². The highest BCUT2D eigenvalue weighted by Gasteiger charge is 2.11. The van der Waals surface area contributed by atoms with Gasteiger partial charge in [-0.15, -0.1) is 0 Å². The molecule has 1 heteroatoms. The van der Waals surface area contributed by atoms with Crippen LogP contribution in [0, 0.1) is 0 Å². The Bertz CT molecular complexity index is 377. The van der Waals surface area contributed by atoms with Crippen LogP contribution < -0.4 is 5.73 Å². The van der Waals surface area contributed by atoms with Crippen molar-refractivity contribution in [3.63, 3.8) is 0 Å².